The van der Waals surface area contributed by atoms with Crippen molar-refractivity contribution < 1.29 is 14.0 Å². The molecule has 0 saturated carbocycles. The molecule has 1 heterocycles. The maximum absolute atomic E-state index is 11.7. The van der Waals surface area contributed by atoms with Crippen molar-refractivity contribution in [2.75, 3.05) is 5.32 Å². The van der Waals surface area contributed by atoms with Gasteiger partial charge >= 0.3 is 0 Å². The molecule has 98 valence electrons. The number of rotatable bonds is 4. The molecular formula is C14H14N2O3. The minimum Gasteiger partial charge on any atom is -0.459 e. The molecule has 1 aromatic carbocycles. The molecule has 2 aromatic rings. The summed E-state index contributed by atoms with van der Waals surface area (Å²) in [4.78, 5) is 22.8. The van der Waals surface area contributed by atoms with Crippen LogP contribution in [0, 0.1) is 0 Å². The van der Waals surface area contributed by atoms with E-state index in [1.165, 1.54) is 6.26 Å². The van der Waals surface area contributed by atoms with Crippen molar-refractivity contribution in [3.63, 3.8) is 0 Å². The van der Waals surface area contributed by atoms with E-state index < -0.39 is 0 Å². The van der Waals surface area contributed by atoms with Gasteiger partial charge < -0.3 is 15.5 Å². The average Bonchev–Trinajstić information content (AvgIpc) is 2.92. The van der Waals surface area contributed by atoms with Crippen molar-refractivity contribution in [2.45, 2.75) is 12.8 Å². The predicted octanol–water partition coefficient (Wildman–Crippen LogP) is 2.12. The van der Waals surface area contributed by atoms with E-state index in [2.05, 4.69) is 5.32 Å². The zero-order valence-electron chi connectivity index (χ0n) is 10.4. The van der Waals surface area contributed by atoms with Crippen LogP contribution in [0.1, 0.15) is 29.0 Å². The van der Waals surface area contributed by atoms with Gasteiger partial charge in [0.25, 0.3) is 5.91 Å². The Bertz CT molecular complexity index is 573. The highest BCUT2D eigenvalue weighted by Crippen LogP contribution is 2.18. The summed E-state index contributed by atoms with van der Waals surface area (Å²) in [7, 11) is 0. The number of hydrogen-bond acceptors (Lipinski definition) is 3. The third-order valence-electron chi connectivity index (χ3n) is 2.84. The fourth-order valence-electron chi connectivity index (χ4n) is 1.62. The standard InChI is InChI=1S/C14H14N2O3/c1-9(13(15)17)10-4-6-11(7-5-10)16-14(18)12-3-2-8-19-12/h2-9H,1H3,(H2,15,17)(H,16,18). The number of anilines is 1. The maximum atomic E-state index is 11.7. The Kier molecular flexibility index (Phi) is 3.66. The molecule has 0 aliphatic heterocycles. The monoisotopic (exact) mass is 258 g/mol. The van der Waals surface area contributed by atoms with Crippen molar-refractivity contribution in [2.24, 2.45) is 5.73 Å². The van der Waals surface area contributed by atoms with Crippen molar-refractivity contribution in [1.29, 1.82) is 0 Å². The Hall–Kier alpha value is -2.56. The van der Waals surface area contributed by atoms with Gasteiger partial charge in [-0.05, 0) is 36.8 Å². The summed E-state index contributed by atoms with van der Waals surface area (Å²) < 4.78 is 4.99. The summed E-state index contributed by atoms with van der Waals surface area (Å²) >= 11 is 0. The Labute approximate surface area is 110 Å². The molecule has 1 atom stereocenters. The van der Waals surface area contributed by atoms with E-state index in [4.69, 9.17) is 10.2 Å². The summed E-state index contributed by atoms with van der Waals surface area (Å²) in [5.41, 5.74) is 6.67. The van der Waals surface area contributed by atoms with E-state index in [9.17, 15) is 9.59 Å². The highest BCUT2D eigenvalue weighted by Gasteiger charge is 2.12. The van der Waals surface area contributed by atoms with Crippen LogP contribution in [-0.2, 0) is 4.79 Å². The Morgan fingerprint density at radius 2 is 1.89 bits per heavy atom. The Balaban J connectivity index is 2.07. The molecule has 0 spiro atoms. The molecule has 1 unspecified atom stereocenters. The van der Waals surface area contributed by atoms with Crippen LogP contribution < -0.4 is 11.1 Å². The molecule has 2 rings (SSSR count). The number of nitrogens with one attached hydrogen (secondary N) is 1. The maximum Gasteiger partial charge on any atom is 0.291 e. The number of benzene rings is 1. The van der Waals surface area contributed by atoms with Gasteiger partial charge in [-0.1, -0.05) is 12.1 Å². The van der Waals surface area contributed by atoms with Gasteiger partial charge in [-0.3, -0.25) is 9.59 Å². The van der Waals surface area contributed by atoms with E-state index in [-0.39, 0.29) is 23.5 Å². The molecule has 5 nitrogen and oxygen atoms in total. The van der Waals surface area contributed by atoms with Crippen LogP contribution in [0.4, 0.5) is 5.69 Å². The first kappa shape index (κ1) is 12.9. The van der Waals surface area contributed by atoms with Gasteiger partial charge in [0.05, 0.1) is 12.2 Å². The first-order chi connectivity index (χ1) is 9.08. The van der Waals surface area contributed by atoms with Gasteiger partial charge in [-0.2, -0.15) is 0 Å². The second-order valence-electron chi connectivity index (χ2n) is 4.18. The second-order valence-corrected chi connectivity index (χ2v) is 4.18. The number of furan rings is 1. The molecule has 0 radical (unpaired) electrons. The van der Waals surface area contributed by atoms with Gasteiger partial charge in [-0.25, -0.2) is 0 Å². The topological polar surface area (TPSA) is 85.3 Å². The SMILES string of the molecule is CC(C(N)=O)c1ccc(NC(=O)c2ccco2)cc1. The second kappa shape index (κ2) is 5.39. The molecule has 5 heteroatoms. The smallest absolute Gasteiger partial charge is 0.291 e. The van der Waals surface area contributed by atoms with Crippen LogP contribution in [0.25, 0.3) is 0 Å². The Morgan fingerprint density at radius 3 is 2.42 bits per heavy atom. The minimum absolute atomic E-state index is 0.245. The fraction of sp³-hybridized carbons (Fsp3) is 0.143. The number of hydrogen-bond donors (Lipinski definition) is 2. The molecular weight excluding hydrogens is 244 g/mol. The van der Waals surface area contributed by atoms with Crippen LogP contribution in [0.3, 0.4) is 0 Å². The molecule has 1 aromatic heterocycles. The number of amides is 2. The number of nitrogens with two attached hydrogens (primary N) is 1. The quantitative estimate of drug-likeness (QED) is 0.880. The van der Waals surface area contributed by atoms with E-state index >= 15 is 0 Å². The molecule has 0 aliphatic rings. The largest absolute Gasteiger partial charge is 0.459 e. The average molecular weight is 258 g/mol. The summed E-state index contributed by atoms with van der Waals surface area (Å²) in [6.07, 6.45) is 1.44. The van der Waals surface area contributed by atoms with E-state index in [1.807, 2.05) is 0 Å². The number of carbonyl (C=O) groups is 2. The normalized spacial score (nSPS) is 11.8. The van der Waals surface area contributed by atoms with Gasteiger partial charge in [0.15, 0.2) is 5.76 Å². The lowest BCUT2D eigenvalue weighted by Gasteiger charge is -2.09. The summed E-state index contributed by atoms with van der Waals surface area (Å²) in [6.45, 7) is 1.73. The molecule has 0 bridgehead atoms. The highest BCUT2D eigenvalue weighted by molar-refractivity contribution is 6.02. The van der Waals surface area contributed by atoms with Gasteiger partial charge in [-0.15, -0.1) is 0 Å². The van der Waals surface area contributed by atoms with E-state index in [1.54, 1.807) is 43.3 Å². The van der Waals surface area contributed by atoms with Crippen molar-refractivity contribution in [3.8, 4) is 0 Å². The van der Waals surface area contributed by atoms with Crippen molar-refractivity contribution in [1.82, 2.24) is 0 Å². The van der Waals surface area contributed by atoms with Crippen LogP contribution in [-0.4, -0.2) is 11.8 Å². The van der Waals surface area contributed by atoms with Crippen molar-refractivity contribution in [3.05, 3.63) is 54.0 Å². The van der Waals surface area contributed by atoms with Gasteiger partial charge in [0.2, 0.25) is 5.91 Å². The summed E-state index contributed by atoms with van der Waals surface area (Å²) in [5, 5.41) is 2.69. The van der Waals surface area contributed by atoms with Crippen LogP contribution in [0.5, 0.6) is 0 Å². The lowest BCUT2D eigenvalue weighted by Crippen LogP contribution is -2.18. The van der Waals surface area contributed by atoms with Crippen molar-refractivity contribution >= 4 is 17.5 Å². The molecule has 0 aliphatic carbocycles. The highest BCUT2D eigenvalue weighted by atomic mass is 16.3. The van der Waals surface area contributed by atoms with E-state index in [0.29, 0.717) is 5.69 Å². The Morgan fingerprint density at radius 1 is 1.21 bits per heavy atom. The first-order valence-electron chi connectivity index (χ1n) is 5.82. The van der Waals surface area contributed by atoms with Gasteiger partial charge in [0.1, 0.15) is 0 Å². The zero-order chi connectivity index (χ0) is 13.8. The number of carbonyl (C=O) groups excluding carboxylic acids is 2. The van der Waals surface area contributed by atoms with Crippen LogP contribution in [0.2, 0.25) is 0 Å². The third kappa shape index (κ3) is 3.01. The minimum atomic E-state index is -0.382. The van der Waals surface area contributed by atoms with Crippen LogP contribution in [0.15, 0.2) is 47.1 Å². The zero-order valence-corrected chi connectivity index (χ0v) is 10.4. The number of primary amides is 1. The first-order valence-corrected chi connectivity index (χ1v) is 5.82. The molecule has 3 N–H and O–H groups in total. The molecule has 2 amide bonds. The van der Waals surface area contributed by atoms with E-state index in [0.717, 1.165) is 5.56 Å². The molecule has 19 heavy (non-hydrogen) atoms. The van der Waals surface area contributed by atoms with Gasteiger partial charge in [0, 0.05) is 5.69 Å². The summed E-state index contributed by atoms with van der Waals surface area (Å²) in [5.74, 6) is -0.808. The summed E-state index contributed by atoms with van der Waals surface area (Å²) in [6, 6.07) is 10.2. The lowest BCUT2D eigenvalue weighted by atomic mass is 10.0. The third-order valence-corrected chi connectivity index (χ3v) is 2.84. The molecule has 0 saturated heterocycles. The predicted molar refractivity (Wildman–Crippen MR) is 70.7 cm³/mol. The lowest BCUT2D eigenvalue weighted by molar-refractivity contribution is -0.119. The van der Waals surface area contributed by atoms with Crippen LogP contribution >= 0.6 is 0 Å². The molecule has 0 fully saturated rings. The fourth-order valence-corrected chi connectivity index (χ4v) is 1.62.